The molecule has 2 aromatic heterocycles. The number of carbonyl (C=O) groups excluding carboxylic acids is 1. The Kier molecular flexibility index (Phi) is 5.10. The smallest absolute Gasteiger partial charge is 0.306 e. The first-order chi connectivity index (χ1) is 10.5. The van der Waals surface area contributed by atoms with E-state index in [1.807, 2.05) is 6.92 Å². The van der Waals surface area contributed by atoms with Gasteiger partial charge in [-0.05, 0) is 6.92 Å². The molecule has 0 fully saturated rings. The lowest BCUT2D eigenvalue weighted by Crippen LogP contribution is -2.25. The van der Waals surface area contributed by atoms with Gasteiger partial charge in [-0.15, -0.1) is 0 Å². The average Bonchev–Trinajstić information content (AvgIpc) is 3.09. The van der Waals surface area contributed by atoms with Crippen molar-refractivity contribution in [2.24, 2.45) is 0 Å². The molecule has 22 heavy (non-hydrogen) atoms. The molecule has 1 N–H and O–H groups in total. The largest absolute Gasteiger partial charge is 0.350 e. The van der Waals surface area contributed by atoms with Crippen molar-refractivity contribution in [2.75, 3.05) is 0 Å². The summed E-state index contributed by atoms with van der Waals surface area (Å²) < 4.78 is 3.07. The van der Waals surface area contributed by atoms with Crippen LogP contribution in [-0.2, 0) is 24.4 Å². The minimum atomic E-state index is -0.530. The molecule has 10 heteroatoms. The second-order valence-electron chi connectivity index (χ2n) is 4.50. The van der Waals surface area contributed by atoms with Crippen molar-refractivity contribution in [3.63, 3.8) is 0 Å². The fourth-order valence-electron chi connectivity index (χ4n) is 1.89. The minimum absolute atomic E-state index is 0.0981. The van der Waals surface area contributed by atoms with Gasteiger partial charge < -0.3 is 5.32 Å². The molecule has 0 bridgehead atoms. The molecule has 0 unspecified atom stereocenters. The third-order valence-corrected chi connectivity index (χ3v) is 3.36. The molecule has 0 aliphatic rings. The van der Waals surface area contributed by atoms with Crippen LogP contribution in [0, 0.1) is 10.1 Å². The number of rotatable bonds is 7. The standard InChI is InChI=1S/C12H15ClN6O3/c1-2-18-11(10(13)6-16-18)7-14-12(20)3-4-17-8-9(5-15-17)19(21)22/h5-6,8H,2-4,7H2,1H3,(H,14,20). The van der Waals surface area contributed by atoms with Crippen LogP contribution >= 0.6 is 11.6 Å². The van der Waals surface area contributed by atoms with Crippen molar-refractivity contribution >= 4 is 23.2 Å². The number of hydrogen-bond acceptors (Lipinski definition) is 5. The molecule has 0 radical (unpaired) electrons. The topological polar surface area (TPSA) is 108 Å². The number of nitro groups is 1. The number of nitrogens with zero attached hydrogens (tertiary/aromatic N) is 5. The molecule has 0 aliphatic heterocycles. The maximum Gasteiger partial charge on any atom is 0.306 e. The summed E-state index contributed by atoms with van der Waals surface area (Å²) in [7, 11) is 0. The third kappa shape index (κ3) is 3.82. The van der Waals surface area contributed by atoms with Crippen molar-refractivity contribution < 1.29 is 9.72 Å². The molecule has 0 saturated heterocycles. The second kappa shape index (κ2) is 7.03. The summed E-state index contributed by atoms with van der Waals surface area (Å²) in [4.78, 5) is 21.8. The highest BCUT2D eigenvalue weighted by molar-refractivity contribution is 6.31. The number of amides is 1. The Bertz CT molecular complexity index is 680. The first-order valence-electron chi connectivity index (χ1n) is 6.65. The molecule has 9 nitrogen and oxygen atoms in total. The molecule has 0 saturated carbocycles. The fourth-order valence-corrected chi connectivity index (χ4v) is 2.10. The predicted molar refractivity (Wildman–Crippen MR) is 78.3 cm³/mol. The lowest BCUT2D eigenvalue weighted by Gasteiger charge is -2.07. The summed E-state index contributed by atoms with van der Waals surface area (Å²) in [6.07, 6.45) is 4.14. The van der Waals surface area contributed by atoms with Gasteiger partial charge in [-0.1, -0.05) is 11.6 Å². The maximum absolute atomic E-state index is 11.8. The van der Waals surface area contributed by atoms with E-state index in [-0.39, 0.29) is 31.1 Å². The number of halogens is 1. The predicted octanol–water partition coefficient (Wildman–Crippen LogP) is 1.37. The molecule has 1 amide bonds. The molecule has 0 aromatic carbocycles. The van der Waals surface area contributed by atoms with E-state index in [1.165, 1.54) is 17.1 Å². The summed E-state index contributed by atoms with van der Waals surface area (Å²) in [5.74, 6) is -0.196. The lowest BCUT2D eigenvalue weighted by atomic mass is 10.3. The highest BCUT2D eigenvalue weighted by Gasteiger charge is 2.11. The monoisotopic (exact) mass is 326 g/mol. The number of aromatic nitrogens is 4. The normalized spacial score (nSPS) is 10.6. The zero-order valence-electron chi connectivity index (χ0n) is 11.9. The van der Waals surface area contributed by atoms with Gasteiger partial charge in [0.15, 0.2) is 0 Å². The molecule has 118 valence electrons. The van der Waals surface area contributed by atoms with Gasteiger partial charge in [-0.2, -0.15) is 10.2 Å². The summed E-state index contributed by atoms with van der Waals surface area (Å²) >= 11 is 6.00. The summed E-state index contributed by atoms with van der Waals surface area (Å²) in [5.41, 5.74) is 0.645. The Morgan fingerprint density at radius 1 is 1.45 bits per heavy atom. The quantitative estimate of drug-likeness (QED) is 0.610. The third-order valence-electron chi connectivity index (χ3n) is 3.05. The molecular formula is C12H15ClN6O3. The van der Waals surface area contributed by atoms with Crippen LogP contribution in [0.5, 0.6) is 0 Å². The van der Waals surface area contributed by atoms with E-state index in [4.69, 9.17) is 11.6 Å². The van der Waals surface area contributed by atoms with Gasteiger partial charge in [0.25, 0.3) is 0 Å². The van der Waals surface area contributed by atoms with Gasteiger partial charge in [0.2, 0.25) is 5.91 Å². The van der Waals surface area contributed by atoms with Crippen molar-refractivity contribution in [3.05, 3.63) is 39.4 Å². The number of carbonyl (C=O) groups is 1. The van der Waals surface area contributed by atoms with Crippen LogP contribution < -0.4 is 5.32 Å². The van der Waals surface area contributed by atoms with Crippen LogP contribution in [0.3, 0.4) is 0 Å². The van der Waals surface area contributed by atoms with Crippen LogP contribution in [0.4, 0.5) is 5.69 Å². The Morgan fingerprint density at radius 3 is 2.86 bits per heavy atom. The van der Waals surface area contributed by atoms with Crippen molar-refractivity contribution in [2.45, 2.75) is 33.0 Å². The average molecular weight is 327 g/mol. The van der Waals surface area contributed by atoms with Crippen molar-refractivity contribution in [1.29, 1.82) is 0 Å². The SMILES string of the molecule is CCn1ncc(Cl)c1CNC(=O)CCn1cc([N+](=O)[O-])cn1. The highest BCUT2D eigenvalue weighted by atomic mass is 35.5. The number of nitrogens with one attached hydrogen (secondary N) is 1. The Hall–Kier alpha value is -2.42. The zero-order chi connectivity index (χ0) is 16.1. The van der Waals surface area contributed by atoms with Crippen LogP contribution in [0.2, 0.25) is 5.02 Å². The van der Waals surface area contributed by atoms with Crippen LogP contribution in [0.15, 0.2) is 18.6 Å². The summed E-state index contributed by atoms with van der Waals surface area (Å²) in [6.45, 7) is 3.14. The molecule has 0 aliphatic carbocycles. The zero-order valence-corrected chi connectivity index (χ0v) is 12.7. The van der Waals surface area contributed by atoms with Crippen LogP contribution in [0.1, 0.15) is 19.0 Å². The van der Waals surface area contributed by atoms with E-state index < -0.39 is 4.92 Å². The Labute approximate surface area is 131 Å². The first kappa shape index (κ1) is 16.0. The van der Waals surface area contributed by atoms with Gasteiger partial charge in [-0.3, -0.25) is 24.3 Å². The number of hydrogen-bond donors (Lipinski definition) is 1. The van der Waals surface area contributed by atoms with Gasteiger partial charge in [0.1, 0.15) is 12.4 Å². The maximum atomic E-state index is 11.8. The highest BCUT2D eigenvalue weighted by Crippen LogP contribution is 2.14. The van der Waals surface area contributed by atoms with Crippen LogP contribution in [0.25, 0.3) is 0 Å². The first-order valence-corrected chi connectivity index (χ1v) is 7.02. The molecule has 2 heterocycles. The second-order valence-corrected chi connectivity index (χ2v) is 4.91. The van der Waals surface area contributed by atoms with E-state index in [0.29, 0.717) is 11.6 Å². The molecular weight excluding hydrogens is 312 g/mol. The lowest BCUT2D eigenvalue weighted by molar-refractivity contribution is -0.385. The van der Waals surface area contributed by atoms with Crippen LogP contribution in [-0.4, -0.2) is 30.4 Å². The van der Waals surface area contributed by atoms with E-state index >= 15 is 0 Å². The van der Waals surface area contributed by atoms with Crippen molar-refractivity contribution in [3.8, 4) is 0 Å². The van der Waals surface area contributed by atoms with Gasteiger partial charge >= 0.3 is 5.69 Å². The fraction of sp³-hybridized carbons (Fsp3) is 0.417. The molecule has 0 spiro atoms. The minimum Gasteiger partial charge on any atom is -0.350 e. The van der Waals surface area contributed by atoms with Gasteiger partial charge in [-0.25, -0.2) is 0 Å². The number of aryl methyl sites for hydroxylation is 2. The van der Waals surface area contributed by atoms with E-state index in [9.17, 15) is 14.9 Å². The summed E-state index contributed by atoms with van der Waals surface area (Å²) in [5, 5.41) is 21.7. The van der Waals surface area contributed by atoms with Crippen molar-refractivity contribution in [1.82, 2.24) is 24.9 Å². The van der Waals surface area contributed by atoms with E-state index in [2.05, 4.69) is 15.5 Å². The van der Waals surface area contributed by atoms with Gasteiger partial charge in [0.05, 0.1) is 28.4 Å². The molecule has 0 atom stereocenters. The molecule has 2 rings (SSSR count). The van der Waals surface area contributed by atoms with Gasteiger partial charge in [0, 0.05) is 19.5 Å². The Morgan fingerprint density at radius 2 is 2.23 bits per heavy atom. The summed E-state index contributed by atoms with van der Waals surface area (Å²) in [6, 6.07) is 0. The molecule has 2 aromatic rings. The Balaban J connectivity index is 1.82. The van der Waals surface area contributed by atoms with E-state index in [1.54, 1.807) is 4.68 Å². The van der Waals surface area contributed by atoms with E-state index in [0.717, 1.165) is 11.9 Å².